The normalized spacial score (nSPS) is 12.1. The van der Waals surface area contributed by atoms with Crippen LogP contribution in [0.3, 0.4) is 0 Å². The first kappa shape index (κ1) is 20.9. The molecule has 1 N–H and O–H groups in total. The van der Waals surface area contributed by atoms with E-state index in [-0.39, 0.29) is 6.61 Å². The second kappa shape index (κ2) is 9.23. The molecule has 1 heterocycles. The van der Waals surface area contributed by atoms with Gasteiger partial charge in [0.15, 0.2) is 0 Å². The van der Waals surface area contributed by atoms with Gasteiger partial charge in [-0.05, 0) is 60.9 Å². The first-order valence-corrected chi connectivity index (χ1v) is 10.5. The van der Waals surface area contributed by atoms with Crippen molar-refractivity contribution in [1.29, 1.82) is 0 Å². The zero-order valence-corrected chi connectivity index (χ0v) is 18.2. The number of methoxy groups -OCH3 is 1. The van der Waals surface area contributed by atoms with Crippen LogP contribution in [0.15, 0.2) is 66.7 Å². The Balaban J connectivity index is 1.54. The fraction of sp³-hybridized carbons (Fsp3) is 0.269. The average molecular weight is 417 g/mol. The third-order valence-electron chi connectivity index (χ3n) is 5.42. The number of nitrogens with zero attached hydrogens (tertiary/aromatic N) is 2. The van der Waals surface area contributed by atoms with Crippen molar-refractivity contribution >= 4 is 11.0 Å². The van der Waals surface area contributed by atoms with Gasteiger partial charge in [0.1, 0.15) is 30.0 Å². The van der Waals surface area contributed by atoms with Gasteiger partial charge in [-0.15, -0.1) is 0 Å². The molecule has 31 heavy (non-hydrogen) atoms. The van der Waals surface area contributed by atoms with Crippen LogP contribution in [0.1, 0.15) is 22.5 Å². The topological polar surface area (TPSA) is 56.5 Å². The molecule has 0 bridgehead atoms. The second-order valence-electron chi connectivity index (χ2n) is 7.89. The van der Waals surface area contributed by atoms with E-state index < -0.39 is 6.10 Å². The lowest BCUT2D eigenvalue weighted by molar-refractivity contribution is 0.0924. The Morgan fingerprint density at radius 3 is 2.55 bits per heavy atom. The molecule has 0 aliphatic heterocycles. The van der Waals surface area contributed by atoms with Crippen molar-refractivity contribution in [3.63, 3.8) is 0 Å². The molecule has 0 spiro atoms. The molecule has 0 aliphatic rings. The maximum Gasteiger partial charge on any atom is 0.122 e. The zero-order chi connectivity index (χ0) is 21.8. The summed E-state index contributed by atoms with van der Waals surface area (Å²) >= 11 is 0. The Bertz CT molecular complexity index is 1170. The number of aryl methyl sites for hydroxylation is 2. The van der Waals surface area contributed by atoms with E-state index in [1.54, 1.807) is 7.11 Å². The molecule has 5 heteroatoms. The third kappa shape index (κ3) is 4.89. The molecule has 0 radical (unpaired) electrons. The largest absolute Gasteiger partial charge is 0.497 e. The fourth-order valence-electron chi connectivity index (χ4n) is 3.70. The molecule has 0 unspecified atom stereocenters. The van der Waals surface area contributed by atoms with E-state index in [4.69, 9.17) is 14.5 Å². The van der Waals surface area contributed by atoms with Crippen molar-refractivity contribution in [2.75, 3.05) is 13.7 Å². The number of benzene rings is 3. The van der Waals surface area contributed by atoms with Crippen LogP contribution < -0.4 is 9.47 Å². The number of rotatable bonds is 8. The van der Waals surface area contributed by atoms with Crippen LogP contribution in [-0.2, 0) is 13.0 Å². The van der Waals surface area contributed by atoms with Crippen LogP contribution in [0, 0.1) is 13.8 Å². The summed E-state index contributed by atoms with van der Waals surface area (Å²) in [6.45, 7) is 4.68. The summed E-state index contributed by atoms with van der Waals surface area (Å²) in [7, 11) is 1.66. The number of hydrogen-bond acceptors (Lipinski definition) is 4. The van der Waals surface area contributed by atoms with Gasteiger partial charge in [-0.1, -0.05) is 36.4 Å². The standard InChI is InChI=1S/C26H28N2O3/c1-18-8-9-19(2)25(14-18)31-17-21(29)16-28-24-7-5-4-6-23(24)27-26(28)15-20-10-12-22(30-3)13-11-20/h4-14,21,29H,15-17H2,1-3H3/t21-/m1/s1. The highest BCUT2D eigenvalue weighted by Gasteiger charge is 2.16. The van der Waals surface area contributed by atoms with E-state index in [1.807, 2.05) is 74.5 Å². The third-order valence-corrected chi connectivity index (χ3v) is 5.42. The molecule has 5 nitrogen and oxygen atoms in total. The van der Waals surface area contributed by atoms with Gasteiger partial charge < -0.3 is 19.1 Å². The summed E-state index contributed by atoms with van der Waals surface area (Å²) in [4.78, 5) is 4.83. The SMILES string of the molecule is COc1ccc(Cc2nc3ccccc3n2C[C@@H](O)COc2cc(C)ccc2C)cc1. The Morgan fingerprint density at radius 1 is 1.00 bits per heavy atom. The molecule has 3 aromatic carbocycles. The molecule has 4 aromatic rings. The van der Waals surface area contributed by atoms with E-state index in [2.05, 4.69) is 10.6 Å². The van der Waals surface area contributed by atoms with Crippen molar-refractivity contribution in [2.24, 2.45) is 0 Å². The fourth-order valence-corrected chi connectivity index (χ4v) is 3.70. The summed E-state index contributed by atoms with van der Waals surface area (Å²) in [5, 5.41) is 10.8. The first-order chi connectivity index (χ1) is 15.0. The molecule has 0 saturated carbocycles. The Hall–Kier alpha value is -3.31. The molecule has 0 saturated heterocycles. The van der Waals surface area contributed by atoms with E-state index in [0.29, 0.717) is 13.0 Å². The maximum absolute atomic E-state index is 10.8. The molecule has 1 aromatic heterocycles. The summed E-state index contributed by atoms with van der Waals surface area (Å²) < 4.78 is 13.3. The van der Waals surface area contributed by atoms with Crippen molar-refractivity contribution in [3.8, 4) is 11.5 Å². The highest BCUT2D eigenvalue weighted by atomic mass is 16.5. The number of aliphatic hydroxyl groups is 1. The van der Waals surface area contributed by atoms with Gasteiger partial charge in [-0.3, -0.25) is 0 Å². The molecule has 0 amide bonds. The summed E-state index contributed by atoms with van der Waals surface area (Å²) in [5.74, 6) is 2.56. The quantitative estimate of drug-likeness (QED) is 0.453. The summed E-state index contributed by atoms with van der Waals surface area (Å²) in [6.07, 6.45) is 0.00982. The zero-order valence-electron chi connectivity index (χ0n) is 18.2. The maximum atomic E-state index is 10.8. The molecular formula is C26H28N2O3. The molecule has 160 valence electrons. The highest BCUT2D eigenvalue weighted by Crippen LogP contribution is 2.22. The van der Waals surface area contributed by atoms with Crippen LogP contribution in [0.5, 0.6) is 11.5 Å². The number of imidazole rings is 1. The smallest absolute Gasteiger partial charge is 0.122 e. The number of ether oxygens (including phenoxy) is 2. The Kier molecular flexibility index (Phi) is 6.23. The number of para-hydroxylation sites is 2. The minimum absolute atomic E-state index is 0.221. The predicted molar refractivity (Wildman–Crippen MR) is 123 cm³/mol. The first-order valence-electron chi connectivity index (χ1n) is 10.5. The van der Waals surface area contributed by atoms with Crippen LogP contribution in [0.4, 0.5) is 0 Å². The Morgan fingerprint density at radius 2 is 1.77 bits per heavy atom. The summed E-state index contributed by atoms with van der Waals surface area (Å²) in [6, 6.07) is 22.1. The molecule has 0 fully saturated rings. The van der Waals surface area contributed by atoms with Gasteiger partial charge in [0, 0.05) is 6.42 Å². The minimum atomic E-state index is -0.660. The number of aromatic nitrogens is 2. The second-order valence-corrected chi connectivity index (χ2v) is 7.89. The van der Waals surface area contributed by atoms with Crippen LogP contribution in [-0.4, -0.2) is 34.5 Å². The van der Waals surface area contributed by atoms with E-state index in [1.165, 1.54) is 0 Å². The van der Waals surface area contributed by atoms with Crippen LogP contribution in [0.2, 0.25) is 0 Å². The van der Waals surface area contributed by atoms with Gasteiger partial charge in [-0.2, -0.15) is 0 Å². The molecular weight excluding hydrogens is 388 g/mol. The lowest BCUT2D eigenvalue weighted by Crippen LogP contribution is -2.25. The van der Waals surface area contributed by atoms with Gasteiger partial charge in [0.25, 0.3) is 0 Å². The van der Waals surface area contributed by atoms with Gasteiger partial charge in [0.05, 0.1) is 24.7 Å². The van der Waals surface area contributed by atoms with E-state index >= 15 is 0 Å². The van der Waals surface area contributed by atoms with Crippen LogP contribution in [0.25, 0.3) is 11.0 Å². The van der Waals surface area contributed by atoms with E-state index in [9.17, 15) is 5.11 Å². The number of aliphatic hydroxyl groups excluding tert-OH is 1. The predicted octanol–water partition coefficient (Wildman–Crippen LogP) is 4.69. The minimum Gasteiger partial charge on any atom is -0.497 e. The molecule has 0 aliphatic carbocycles. The van der Waals surface area contributed by atoms with Crippen molar-refractivity contribution in [2.45, 2.75) is 32.9 Å². The van der Waals surface area contributed by atoms with Gasteiger partial charge >= 0.3 is 0 Å². The monoisotopic (exact) mass is 416 g/mol. The number of fused-ring (bicyclic) bond motifs is 1. The summed E-state index contributed by atoms with van der Waals surface area (Å²) in [5.41, 5.74) is 5.27. The lowest BCUT2D eigenvalue weighted by atomic mass is 10.1. The van der Waals surface area contributed by atoms with E-state index in [0.717, 1.165) is 45.0 Å². The van der Waals surface area contributed by atoms with Crippen molar-refractivity contribution < 1.29 is 14.6 Å². The average Bonchev–Trinajstić information content (AvgIpc) is 3.12. The highest BCUT2D eigenvalue weighted by molar-refractivity contribution is 5.76. The molecule has 1 atom stereocenters. The lowest BCUT2D eigenvalue weighted by Gasteiger charge is -2.17. The molecule has 4 rings (SSSR count). The van der Waals surface area contributed by atoms with Crippen molar-refractivity contribution in [3.05, 3.63) is 89.2 Å². The van der Waals surface area contributed by atoms with Crippen molar-refractivity contribution in [1.82, 2.24) is 9.55 Å². The van der Waals surface area contributed by atoms with Crippen LogP contribution >= 0.6 is 0 Å². The van der Waals surface area contributed by atoms with Gasteiger partial charge in [0.2, 0.25) is 0 Å². The number of hydrogen-bond donors (Lipinski definition) is 1. The Labute approximate surface area is 182 Å². The van der Waals surface area contributed by atoms with Gasteiger partial charge in [-0.25, -0.2) is 4.98 Å².